The molecule has 2 aromatic rings. The molecule has 0 spiro atoms. The fourth-order valence-electron chi connectivity index (χ4n) is 3.16. The first-order valence-corrected chi connectivity index (χ1v) is 8.31. The van der Waals surface area contributed by atoms with E-state index in [1.807, 2.05) is 26.1 Å². The van der Waals surface area contributed by atoms with E-state index < -0.39 is 0 Å². The Labute approximate surface area is 141 Å². The van der Waals surface area contributed by atoms with Crippen molar-refractivity contribution in [3.63, 3.8) is 0 Å². The number of nitrogens with zero attached hydrogens (tertiary/aromatic N) is 3. The van der Waals surface area contributed by atoms with E-state index in [2.05, 4.69) is 15.3 Å². The summed E-state index contributed by atoms with van der Waals surface area (Å²) in [6.07, 6.45) is 1.14. The minimum atomic E-state index is -0.185. The van der Waals surface area contributed by atoms with Gasteiger partial charge in [-0.15, -0.1) is 0 Å². The van der Waals surface area contributed by atoms with E-state index in [1.165, 1.54) is 12.1 Å². The first-order valence-electron chi connectivity index (χ1n) is 7.94. The van der Waals surface area contributed by atoms with E-state index >= 15 is 0 Å². The number of halogens is 2. The lowest BCUT2D eigenvalue weighted by atomic mass is 10.1. The molecule has 1 aromatic heterocycles. The maximum atomic E-state index is 13.0. The molecule has 0 radical (unpaired) electrons. The Hall–Kier alpha value is -1.59. The molecule has 1 aromatic carbocycles. The van der Waals surface area contributed by atoms with Crippen molar-refractivity contribution in [3.8, 4) is 0 Å². The van der Waals surface area contributed by atoms with Gasteiger partial charge in [-0.05, 0) is 43.5 Å². The molecule has 1 atom stereocenters. The van der Waals surface area contributed by atoms with E-state index in [1.54, 1.807) is 4.68 Å². The molecule has 0 saturated carbocycles. The van der Waals surface area contributed by atoms with Crippen LogP contribution in [-0.4, -0.2) is 29.4 Å². The zero-order valence-electron chi connectivity index (χ0n) is 13.5. The smallest absolute Gasteiger partial charge is 0.131 e. The summed E-state index contributed by atoms with van der Waals surface area (Å²) in [5, 5.41) is 8.52. The molecule has 4 nitrogen and oxygen atoms in total. The molecule has 0 aliphatic carbocycles. The van der Waals surface area contributed by atoms with Gasteiger partial charge in [-0.25, -0.2) is 4.39 Å². The highest BCUT2D eigenvalue weighted by Crippen LogP contribution is 2.24. The molecule has 1 saturated heterocycles. The molecule has 3 rings (SSSR count). The van der Waals surface area contributed by atoms with Gasteiger partial charge < -0.3 is 10.2 Å². The summed E-state index contributed by atoms with van der Waals surface area (Å²) in [6.45, 7) is 5.69. The maximum Gasteiger partial charge on any atom is 0.131 e. The largest absolute Gasteiger partial charge is 0.371 e. The Kier molecular flexibility index (Phi) is 4.87. The second-order valence-electron chi connectivity index (χ2n) is 6.19. The van der Waals surface area contributed by atoms with Crippen molar-refractivity contribution in [1.82, 2.24) is 15.1 Å². The zero-order chi connectivity index (χ0) is 16.4. The third-order valence-corrected chi connectivity index (χ3v) is 4.96. The Balaban J connectivity index is 1.49. The fourth-order valence-corrected chi connectivity index (χ4v) is 3.40. The summed E-state index contributed by atoms with van der Waals surface area (Å²) < 4.78 is 14.7. The number of nitrogens with one attached hydrogen (secondary N) is 1. The quantitative estimate of drug-likeness (QED) is 0.910. The van der Waals surface area contributed by atoms with Crippen molar-refractivity contribution in [2.45, 2.75) is 19.9 Å². The second-order valence-corrected chi connectivity index (χ2v) is 6.54. The number of hydrogen-bond acceptors (Lipinski definition) is 3. The molecule has 2 heterocycles. The summed E-state index contributed by atoms with van der Waals surface area (Å²) in [4.78, 5) is 2.31. The number of rotatable bonds is 5. The maximum absolute atomic E-state index is 13.0. The number of anilines is 1. The van der Waals surface area contributed by atoms with Crippen molar-refractivity contribution in [2.75, 3.05) is 24.5 Å². The summed E-state index contributed by atoms with van der Waals surface area (Å²) in [5.41, 5.74) is 3.15. The van der Waals surface area contributed by atoms with Crippen molar-refractivity contribution in [3.05, 3.63) is 46.5 Å². The minimum absolute atomic E-state index is 0.185. The van der Waals surface area contributed by atoms with Crippen LogP contribution < -0.4 is 10.2 Å². The van der Waals surface area contributed by atoms with E-state index in [9.17, 15) is 4.39 Å². The summed E-state index contributed by atoms with van der Waals surface area (Å²) >= 11 is 6.25. The predicted octanol–water partition coefficient (Wildman–Crippen LogP) is 3.14. The van der Waals surface area contributed by atoms with Crippen LogP contribution in [0, 0.1) is 18.7 Å². The van der Waals surface area contributed by atoms with Crippen LogP contribution in [0.3, 0.4) is 0 Å². The molecule has 124 valence electrons. The van der Waals surface area contributed by atoms with Gasteiger partial charge in [0.1, 0.15) is 11.0 Å². The van der Waals surface area contributed by atoms with E-state index in [0.717, 1.165) is 49.5 Å². The third-order valence-electron chi connectivity index (χ3n) is 4.48. The Morgan fingerprint density at radius 3 is 2.74 bits per heavy atom. The fraction of sp³-hybridized carbons (Fsp3) is 0.471. The zero-order valence-corrected chi connectivity index (χ0v) is 14.3. The molecular weight excluding hydrogens is 315 g/mol. The van der Waals surface area contributed by atoms with Gasteiger partial charge in [0, 0.05) is 44.5 Å². The summed E-state index contributed by atoms with van der Waals surface area (Å²) in [5.74, 6) is 0.408. The highest BCUT2D eigenvalue weighted by atomic mass is 35.5. The van der Waals surface area contributed by atoms with E-state index in [-0.39, 0.29) is 5.82 Å². The van der Waals surface area contributed by atoms with Crippen LogP contribution in [0.4, 0.5) is 10.1 Å². The van der Waals surface area contributed by atoms with Gasteiger partial charge in [0.05, 0.1) is 5.69 Å². The summed E-state index contributed by atoms with van der Waals surface area (Å²) in [6, 6.07) is 6.75. The average molecular weight is 337 g/mol. The average Bonchev–Trinajstić information content (AvgIpc) is 3.08. The number of aryl methyl sites for hydroxylation is 2. The first-order chi connectivity index (χ1) is 11.0. The second kappa shape index (κ2) is 6.89. The van der Waals surface area contributed by atoms with Crippen LogP contribution in [0.25, 0.3) is 0 Å². The van der Waals surface area contributed by atoms with Crippen LogP contribution >= 0.6 is 11.6 Å². The Morgan fingerprint density at radius 1 is 1.35 bits per heavy atom. The molecule has 1 fully saturated rings. The topological polar surface area (TPSA) is 33.1 Å². The van der Waals surface area contributed by atoms with Crippen molar-refractivity contribution < 1.29 is 4.39 Å². The van der Waals surface area contributed by atoms with E-state index in [4.69, 9.17) is 11.6 Å². The molecule has 6 heteroatoms. The molecule has 0 bridgehead atoms. The lowest BCUT2D eigenvalue weighted by Gasteiger charge is -2.18. The van der Waals surface area contributed by atoms with Gasteiger partial charge in [0.15, 0.2) is 0 Å². The van der Waals surface area contributed by atoms with E-state index in [0.29, 0.717) is 11.1 Å². The SMILES string of the molecule is Cc1nn(C)c(Cl)c1CNC[C@H]1CCN(c2ccc(F)cc2)C1. The van der Waals surface area contributed by atoms with Crippen LogP contribution in [0.5, 0.6) is 0 Å². The van der Waals surface area contributed by atoms with Crippen LogP contribution in [-0.2, 0) is 13.6 Å². The molecule has 0 amide bonds. The molecule has 1 N–H and O–H groups in total. The van der Waals surface area contributed by atoms with Crippen LogP contribution in [0.15, 0.2) is 24.3 Å². The molecule has 1 aliphatic rings. The van der Waals surface area contributed by atoms with Crippen LogP contribution in [0.1, 0.15) is 17.7 Å². The van der Waals surface area contributed by atoms with Gasteiger partial charge in [0.2, 0.25) is 0 Å². The number of benzene rings is 1. The van der Waals surface area contributed by atoms with Crippen molar-refractivity contribution in [1.29, 1.82) is 0 Å². The van der Waals surface area contributed by atoms with Gasteiger partial charge >= 0.3 is 0 Å². The van der Waals surface area contributed by atoms with Crippen molar-refractivity contribution >= 4 is 17.3 Å². The molecule has 1 aliphatic heterocycles. The van der Waals surface area contributed by atoms with Gasteiger partial charge in [0.25, 0.3) is 0 Å². The standard InChI is InChI=1S/C17H22ClFN4/c1-12-16(17(18)22(2)21-12)10-20-9-13-7-8-23(11-13)15-5-3-14(19)4-6-15/h3-6,13,20H,7-11H2,1-2H3/t13-/m1/s1. The number of aromatic nitrogens is 2. The van der Waals surface area contributed by atoms with Gasteiger partial charge in [-0.3, -0.25) is 4.68 Å². The predicted molar refractivity (Wildman–Crippen MR) is 91.4 cm³/mol. The Bertz CT molecular complexity index is 668. The lowest BCUT2D eigenvalue weighted by molar-refractivity contribution is 0.516. The van der Waals surface area contributed by atoms with Crippen molar-refractivity contribution in [2.24, 2.45) is 13.0 Å². The molecular formula is C17H22ClFN4. The third kappa shape index (κ3) is 3.67. The van der Waals surface area contributed by atoms with Crippen LogP contribution in [0.2, 0.25) is 5.15 Å². The highest BCUT2D eigenvalue weighted by Gasteiger charge is 2.22. The molecule has 23 heavy (non-hydrogen) atoms. The summed E-state index contributed by atoms with van der Waals surface area (Å²) in [7, 11) is 1.86. The number of hydrogen-bond donors (Lipinski definition) is 1. The highest BCUT2D eigenvalue weighted by molar-refractivity contribution is 6.30. The molecule has 0 unspecified atom stereocenters. The normalized spacial score (nSPS) is 17.9. The minimum Gasteiger partial charge on any atom is -0.371 e. The van der Waals surface area contributed by atoms with Gasteiger partial charge in [-0.2, -0.15) is 5.10 Å². The Morgan fingerprint density at radius 2 is 2.09 bits per heavy atom. The first kappa shape index (κ1) is 16.3. The van der Waals surface area contributed by atoms with Gasteiger partial charge in [-0.1, -0.05) is 11.6 Å². The lowest BCUT2D eigenvalue weighted by Crippen LogP contribution is -2.26. The monoisotopic (exact) mass is 336 g/mol.